The summed E-state index contributed by atoms with van der Waals surface area (Å²) < 4.78 is 45.0. The second-order valence-electron chi connectivity index (χ2n) is 4.65. The van der Waals surface area contributed by atoms with Crippen LogP contribution in [-0.4, -0.2) is 111 Å². The fraction of sp³-hybridized carbons (Fsp3) is 1.00. The van der Waals surface area contributed by atoms with Crippen LogP contribution >= 0.6 is 23.5 Å². The fourth-order valence-electron chi connectivity index (χ4n) is 2.01. The summed E-state index contributed by atoms with van der Waals surface area (Å²) in [6.07, 6.45) is -14.3. The van der Waals surface area contributed by atoms with E-state index in [1.165, 1.54) is 0 Å². The van der Waals surface area contributed by atoms with Crippen LogP contribution in [0.5, 0.6) is 0 Å². The number of phosphoric ester groups is 3. The average molecular weight is 443 g/mol. The standard InChI is InChI=1S/C6H15O15P3.Na/c7-1-2(8)4(19-22(10,11)12)6(21-24(16,17)18)5(3(1)9)20-23(13,14)15;/h1-9H,(H2,10,11,12)(H2,13,14,15)(H2,16,17,18);/t1?,2-,3+,4-,5-,6?;/m1./s1. The summed E-state index contributed by atoms with van der Waals surface area (Å²) >= 11 is 0. The van der Waals surface area contributed by atoms with Gasteiger partial charge in [-0.1, -0.05) is 0 Å². The van der Waals surface area contributed by atoms with Gasteiger partial charge < -0.3 is 44.7 Å². The predicted molar refractivity (Wildman–Crippen MR) is 74.5 cm³/mol. The van der Waals surface area contributed by atoms with E-state index in [-0.39, 0.29) is 29.6 Å². The van der Waals surface area contributed by atoms with Gasteiger partial charge in [0.15, 0.2) is 0 Å². The van der Waals surface area contributed by atoms with E-state index in [9.17, 15) is 29.0 Å². The van der Waals surface area contributed by atoms with Gasteiger partial charge in [0.25, 0.3) is 0 Å². The van der Waals surface area contributed by atoms with Crippen LogP contribution < -0.4 is 0 Å². The average Bonchev–Trinajstić information content (AvgIpc) is 2.32. The Morgan fingerprint density at radius 1 is 0.520 bits per heavy atom. The molecule has 1 aliphatic carbocycles. The number of aliphatic hydroxyl groups is 3. The fourth-order valence-corrected chi connectivity index (χ4v) is 3.69. The van der Waals surface area contributed by atoms with Crippen molar-refractivity contribution in [3.63, 3.8) is 0 Å². The van der Waals surface area contributed by atoms with Crippen molar-refractivity contribution in [1.29, 1.82) is 0 Å². The molecule has 1 rings (SSSR count). The first-order chi connectivity index (χ1) is 10.5. The minimum atomic E-state index is -5.48. The van der Waals surface area contributed by atoms with E-state index < -0.39 is 60.1 Å². The molecular formula is C6H15NaO15P3. The molecule has 9 N–H and O–H groups in total. The maximum absolute atomic E-state index is 11.0. The largest absolute Gasteiger partial charge is 0.470 e. The maximum atomic E-state index is 11.0. The van der Waals surface area contributed by atoms with Crippen molar-refractivity contribution in [2.45, 2.75) is 36.6 Å². The zero-order valence-electron chi connectivity index (χ0n) is 12.3. The topological polar surface area (TPSA) is 261 Å². The zero-order valence-corrected chi connectivity index (χ0v) is 17.0. The smallest absolute Gasteiger partial charge is 0.387 e. The second-order valence-corrected chi connectivity index (χ2v) is 8.23. The van der Waals surface area contributed by atoms with Crippen LogP contribution in [0, 0.1) is 0 Å². The summed E-state index contributed by atoms with van der Waals surface area (Å²) in [7, 11) is -16.3. The van der Waals surface area contributed by atoms with Crippen molar-refractivity contribution >= 4 is 53.0 Å². The van der Waals surface area contributed by atoms with E-state index in [0.717, 1.165) is 0 Å². The van der Waals surface area contributed by atoms with Crippen molar-refractivity contribution < 1.29 is 71.9 Å². The summed E-state index contributed by atoms with van der Waals surface area (Å²) in [5.74, 6) is 0. The van der Waals surface area contributed by atoms with E-state index in [0.29, 0.717) is 0 Å². The van der Waals surface area contributed by atoms with Crippen LogP contribution in [0.25, 0.3) is 0 Å². The van der Waals surface area contributed by atoms with Crippen molar-refractivity contribution in [1.82, 2.24) is 0 Å². The third-order valence-electron chi connectivity index (χ3n) is 2.80. The molecule has 0 aliphatic heterocycles. The van der Waals surface area contributed by atoms with Crippen LogP contribution in [0.3, 0.4) is 0 Å². The summed E-state index contributed by atoms with van der Waals surface area (Å²) in [4.78, 5) is 52.7. The van der Waals surface area contributed by atoms with Crippen LogP contribution in [0.2, 0.25) is 0 Å². The van der Waals surface area contributed by atoms with E-state index in [1.54, 1.807) is 0 Å². The molecule has 0 spiro atoms. The van der Waals surface area contributed by atoms with Gasteiger partial charge in [-0.15, -0.1) is 0 Å². The maximum Gasteiger partial charge on any atom is 0.470 e. The van der Waals surface area contributed by atoms with Gasteiger partial charge in [0.1, 0.15) is 36.6 Å². The Balaban J connectivity index is 0.00000576. The molecule has 6 atom stereocenters. The van der Waals surface area contributed by atoms with E-state index in [4.69, 9.17) is 29.4 Å². The van der Waals surface area contributed by atoms with Gasteiger partial charge in [-0.3, -0.25) is 13.6 Å². The minimum Gasteiger partial charge on any atom is -0.387 e. The van der Waals surface area contributed by atoms with Crippen molar-refractivity contribution in [2.24, 2.45) is 0 Å². The van der Waals surface area contributed by atoms with Gasteiger partial charge in [0.2, 0.25) is 0 Å². The molecule has 1 fully saturated rings. The Kier molecular flexibility index (Phi) is 9.58. The Bertz CT molecular complexity index is 542. The molecule has 2 unspecified atom stereocenters. The normalized spacial score (nSPS) is 34.4. The number of phosphoric acid groups is 3. The first-order valence-corrected chi connectivity index (χ1v) is 10.4. The second kappa shape index (κ2) is 9.14. The number of hydrogen-bond donors (Lipinski definition) is 9. The van der Waals surface area contributed by atoms with Gasteiger partial charge in [0, 0.05) is 29.6 Å². The summed E-state index contributed by atoms with van der Waals surface area (Å²) in [6, 6.07) is 0. The Morgan fingerprint density at radius 3 is 1.00 bits per heavy atom. The SMILES string of the molecule is O=P(O)(O)OC1[C@H](OP(=O)(O)O)[C@H](O)C(O)[C@H](O)[C@H]1OP(=O)(O)O.[Na]. The molecule has 0 aromatic carbocycles. The molecule has 1 radical (unpaired) electrons. The summed E-state index contributed by atoms with van der Waals surface area (Å²) in [6.45, 7) is 0. The van der Waals surface area contributed by atoms with Gasteiger partial charge in [-0.05, 0) is 0 Å². The van der Waals surface area contributed by atoms with Crippen LogP contribution in [0.1, 0.15) is 0 Å². The molecule has 1 aliphatic rings. The molecule has 25 heavy (non-hydrogen) atoms. The summed E-state index contributed by atoms with van der Waals surface area (Å²) in [5, 5.41) is 29.0. The number of rotatable bonds is 6. The zero-order chi connectivity index (χ0) is 19.1. The predicted octanol–water partition coefficient (Wildman–Crippen LogP) is -3.86. The molecule has 0 bridgehead atoms. The Morgan fingerprint density at radius 2 is 0.760 bits per heavy atom. The molecule has 19 heteroatoms. The summed E-state index contributed by atoms with van der Waals surface area (Å²) in [5.41, 5.74) is 0. The van der Waals surface area contributed by atoms with E-state index >= 15 is 0 Å². The van der Waals surface area contributed by atoms with Crippen molar-refractivity contribution in [3.8, 4) is 0 Å². The Hall–Kier alpha value is 1.21. The molecule has 0 aromatic rings. The van der Waals surface area contributed by atoms with Gasteiger partial charge in [-0.2, -0.15) is 0 Å². The first kappa shape index (κ1) is 26.2. The van der Waals surface area contributed by atoms with Gasteiger partial charge in [-0.25, -0.2) is 13.7 Å². The number of hydrogen-bond acceptors (Lipinski definition) is 9. The quantitative estimate of drug-likeness (QED) is 0.140. The van der Waals surface area contributed by atoms with Crippen LogP contribution in [-0.2, 0) is 27.3 Å². The molecule has 15 nitrogen and oxygen atoms in total. The molecule has 1 saturated carbocycles. The van der Waals surface area contributed by atoms with Gasteiger partial charge >= 0.3 is 23.5 Å². The molecule has 0 saturated heterocycles. The Labute approximate surface area is 161 Å². The molecule has 145 valence electrons. The first-order valence-electron chi connectivity index (χ1n) is 5.78. The molecule has 0 aromatic heterocycles. The van der Waals surface area contributed by atoms with Crippen molar-refractivity contribution in [2.75, 3.05) is 0 Å². The molecular weight excluding hydrogens is 428 g/mol. The number of aliphatic hydroxyl groups excluding tert-OH is 3. The van der Waals surface area contributed by atoms with Crippen LogP contribution in [0.4, 0.5) is 0 Å². The molecule has 0 amide bonds. The van der Waals surface area contributed by atoms with Crippen molar-refractivity contribution in [3.05, 3.63) is 0 Å². The van der Waals surface area contributed by atoms with E-state index in [1.807, 2.05) is 0 Å². The third kappa shape index (κ3) is 8.40. The monoisotopic (exact) mass is 443 g/mol. The van der Waals surface area contributed by atoms with Gasteiger partial charge in [0.05, 0.1) is 0 Å². The van der Waals surface area contributed by atoms with E-state index in [2.05, 4.69) is 13.6 Å². The molecule has 0 heterocycles. The third-order valence-corrected chi connectivity index (χ3v) is 4.35. The minimum absolute atomic E-state index is 0. The van der Waals surface area contributed by atoms with Crippen LogP contribution in [0.15, 0.2) is 0 Å².